The van der Waals surface area contributed by atoms with E-state index < -0.39 is 0 Å². The number of hydrogen-bond acceptors (Lipinski definition) is 2. The minimum atomic E-state index is 0.682. The molecule has 84 valence electrons. The molecule has 5 heteroatoms. The van der Waals surface area contributed by atoms with Crippen LogP contribution in [0.1, 0.15) is 5.69 Å². The molecule has 0 aliphatic heterocycles. The fraction of sp³-hybridized carbons (Fsp3) is 0.182. The Morgan fingerprint density at radius 3 is 2.88 bits per heavy atom. The van der Waals surface area contributed by atoms with E-state index in [0.717, 1.165) is 20.0 Å². The van der Waals surface area contributed by atoms with Gasteiger partial charge in [0.25, 0.3) is 0 Å². The van der Waals surface area contributed by atoms with Gasteiger partial charge in [0.05, 0.1) is 22.9 Å². The average molecular weight is 348 g/mol. The van der Waals surface area contributed by atoms with Crippen LogP contribution < -0.4 is 5.32 Å². The molecule has 1 aromatic carbocycles. The molecule has 1 aromatic heterocycles. The van der Waals surface area contributed by atoms with Gasteiger partial charge in [-0.15, -0.1) is 0 Å². The maximum Gasteiger partial charge on any atom is 0.0815 e. The molecule has 2 aromatic rings. The summed E-state index contributed by atoms with van der Waals surface area (Å²) in [5.41, 5.74) is 1.94. The summed E-state index contributed by atoms with van der Waals surface area (Å²) in [6.07, 6.45) is 1.92. The Hall–Kier alpha value is -0.750. The van der Waals surface area contributed by atoms with Gasteiger partial charge in [-0.25, -0.2) is 0 Å². The van der Waals surface area contributed by atoms with Crippen molar-refractivity contribution in [2.75, 3.05) is 5.32 Å². The second-order valence-corrected chi connectivity index (χ2v) is 5.11. The lowest BCUT2D eigenvalue weighted by Crippen LogP contribution is -2.01. The number of aromatic nitrogens is 2. The van der Waals surface area contributed by atoms with Gasteiger partial charge in [-0.1, -0.05) is 11.6 Å². The van der Waals surface area contributed by atoms with E-state index >= 15 is 0 Å². The maximum atomic E-state index is 6.11. The van der Waals surface area contributed by atoms with Gasteiger partial charge < -0.3 is 5.32 Å². The van der Waals surface area contributed by atoms with Gasteiger partial charge in [0.2, 0.25) is 0 Å². The smallest absolute Gasteiger partial charge is 0.0815 e. The van der Waals surface area contributed by atoms with Crippen LogP contribution >= 0.6 is 34.2 Å². The number of anilines is 1. The van der Waals surface area contributed by atoms with Crippen molar-refractivity contribution in [2.24, 2.45) is 7.05 Å². The van der Waals surface area contributed by atoms with E-state index in [4.69, 9.17) is 11.6 Å². The van der Waals surface area contributed by atoms with Gasteiger partial charge in [-0.05, 0) is 46.9 Å². The molecule has 0 atom stereocenters. The molecule has 16 heavy (non-hydrogen) atoms. The molecule has 1 N–H and O–H groups in total. The van der Waals surface area contributed by atoms with Crippen molar-refractivity contribution in [1.29, 1.82) is 0 Å². The van der Waals surface area contributed by atoms with Crippen LogP contribution in [0.25, 0.3) is 0 Å². The van der Waals surface area contributed by atoms with E-state index in [2.05, 4.69) is 33.0 Å². The molecule has 1 heterocycles. The molecule has 2 rings (SSSR count). The first kappa shape index (κ1) is 11.7. The van der Waals surface area contributed by atoms with E-state index in [-0.39, 0.29) is 0 Å². The lowest BCUT2D eigenvalue weighted by molar-refractivity contribution is 0.747. The molecule has 3 nitrogen and oxygen atoms in total. The summed E-state index contributed by atoms with van der Waals surface area (Å²) in [7, 11) is 1.90. The van der Waals surface area contributed by atoms with Crippen LogP contribution in [0.4, 0.5) is 5.69 Å². The SMILES string of the molecule is Cn1ccc(CNc2ccc(I)cc2Cl)n1. The molecule has 0 unspecified atom stereocenters. The number of hydrogen-bond donors (Lipinski definition) is 1. The Morgan fingerprint density at radius 2 is 2.25 bits per heavy atom. The third kappa shape index (κ3) is 2.89. The second kappa shape index (κ2) is 5.05. The Labute approximate surface area is 113 Å². The lowest BCUT2D eigenvalue weighted by atomic mass is 10.3. The van der Waals surface area contributed by atoms with E-state index in [0.29, 0.717) is 6.54 Å². The van der Waals surface area contributed by atoms with E-state index in [1.807, 2.05) is 37.5 Å². The second-order valence-electron chi connectivity index (χ2n) is 3.46. The molecule has 0 saturated heterocycles. The van der Waals surface area contributed by atoms with Crippen LogP contribution in [0.15, 0.2) is 30.5 Å². The zero-order valence-electron chi connectivity index (χ0n) is 8.74. The fourth-order valence-electron chi connectivity index (χ4n) is 1.38. The fourth-order valence-corrected chi connectivity index (χ4v) is 2.30. The van der Waals surface area contributed by atoms with Gasteiger partial charge in [0, 0.05) is 16.8 Å². The van der Waals surface area contributed by atoms with E-state index in [9.17, 15) is 0 Å². The van der Waals surface area contributed by atoms with E-state index in [1.165, 1.54) is 0 Å². The van der Waals surface area contributed by atoms with Crippen LogP contribution in [-0.4, -0.2) is 9.78 Å². The van der Waals surface area contributed by atoms with Crippen molar-refractivity contribution in [2.45, 2.75) is 6.54 Å². The predicted octanol–water partition coefficient (Wildman–Crippen LogP) is 3.29. The number of rotatable bonds is 3. The first-order valence-electron chi connectivity index (χ1n) is 4.82. The van der Waals surface area contributed by atoms with Crippen molar-refractivity contribution in [3.05, 3.63) is 44.7 Å². The van der Waals surface area contributed by atoms with Gasteiger partial charge >= 0.3 is 0 Å². The first-order valence-corrected chi connectivity index (χ1v) is 6.28. The van der Waals surface area contributed by atoms with Crippen molar-refractivity contribution in [3.8, 4) is 0 Å². The highest BCUT2D eigenvalue weighted by atomic mass is 127. The van der Waals surface area contributed by atoms with Crippen LogP contribution in [0.3, 0.4) is 0 Å². The standard InChI is InChI=1S/C11H11ClIN3/c1-16-5-4-9(15-16)7-14-11-3-2-8(13)6-10(11)12/h2-6,14H,7H2,1H3. The number of benzene rings is 1. The summed E-state index contributed by atoms with van der Waals surface area (Å²) in [5, 5.41) is 8.28. The topological polar surface area (TPSA) is 29.9 Å². The van der Waals surface area contributed by atoms with Crippen molar-refractivity contribution >= 4 is 39.9 Å². The number of nitrogens with zero attached hydrogens (tertiary/aromatic N) is 2. The molecule has 0 fully saturated rings. The first-order chi connectivity index (χ1) is 7.65. The minimum Gasteiger partial charge on any atom is -0.378 e. The monoisotopic (exact) mass is 347 g/mol. The molecule has 0 radical (unpaired) electrons. The minimum absolute atomic E-state index is 0.682. The quantitative estimate of drug-likeness (QED) is 0.864. The molecule has 0 saturated carbocycles. The van der Waals surface area contributed by atoms with Gasteiger partial charge in [-0.3, -0.25) is 4.68 Å². The Balaban J connectivity index is 2.04. The molecule has 0 aliphatic rings. The van der Waals surface area contributed by atoms with Crippen molar-refractivity contribution in [1.82, 2.24) is 9.78 Å². The summed E-state index contributed by atoms with van der Waals surface area (Å²) < 4.78 is 2.91. The zero-order valence-corrected chi connectivity index (χ0v) is 11.7. The molecule has 0 amide bonds. The summed E-state index contributed by atoms with van der Waals surface area (Å²) in [6, 6.07) is 7.91. The largest absolute Gasteiger partial charge is 0.378 e. The van der Waals surface area contributed by atoms with Gasteiger partial charge in [0.1, 0.15) is 0 Å². The molecular formula is C11H11ClIN3. The summed E-state index contributed by atoms with van der Waals surface area (Å²) >= 11 is 8.35. The van der Waals surface area contributed by atoms with Crippen molar-refractivity contribution in [3.63, 3.8) is 0 Å². The number of nitrogens with one attached hydrogen (secondary N) is 1. The van der Waals surface area contributed by atoms with Crippen LogP contribution in [-0.2, 0) is 13.6 Å². The van der Waals surface area contributed by atoms with Crippen molar-refractivity contribution < 1.29 is 0 Å². The van der Waals surface area contributed by atoms with Gasteiger partial charge in [0.15, 0.2) is 0 Å². The number of halogens is 2. The summed E-state index contributed by atoms with van der Waals surface area (Å²) in [5.74, 6) is 0. The highest BCUT2D eigenvalue weighted by Gasteiger charge is 2.01. The van der Waals surface area contributed by atoms with Crippen LogP contribution in [0.2, 0.25) is 5.02 Å². The average Bonchev–Trinajstić information content (AvgIpc) is 2.63. The zero-order chi connectivity index (χ0) is 11.5. The summed E-state index contributed by atoms with van der Waals surface area (Å²) in [4.78, 5) is 0. The third-order valence-corrected chi connectivity index (χ3v) is 3.14. The van der Waals surface area contributed by atoms with Crippen LogP contribution in [0, 0.1) is 3.57 Å². The highest BCUT2D eigenvalue weighted by Crippen LogP contribution is 2.24. The highest BCUT2D eigenvalue weighted by molar-refractivity contribution is 14.1. The third-order valence-electron chi connectivity index (χ3n) is 2.16. The Kier molecular flexibility index (Phi) is 3.70. The normalized spacial score (nSPS) is 10.4. The molecule has 0 bridgehead atoms. The molecule has 0 aliphatic carbocycles. The van der Waals surface area contributed by atoms with Crippen LogP contribution in [0.5, 0.6) is 0 Å². The molecule has 0 spiro atoms. The molecular weight excluding hydrogens is 336 g/mol. The number of aryl methyl sites for hydroxylation is 1. The summed E-state index contributed by atoms with van der Waals surface area (Å²) in [6.45, 7) is 0.682. The lowest BCUT2D eigenvalue weighted by Gasteiger charge is -2.06. The maximum absolute atomic E-state index is 6.11. The Morgan fingerprint density at radius 1 is 1.44 bits per heavy atom. The van der Waals surface area contributed by atoms with Gasteiger partial charge in [-0.2, -0.15) is 5.10 Å². The predicted molar refractivity (Wildman–Crippen MR) is 74.7 cm³/mol. The Bertz CT molecular complexity index is 496. The van der Waals surface area contributed by atoms with E-state index in [1.54, 1.807) is 4.68 Å².